The molecule has 0 saturated carbocycles. The Morgan fingerprint density at radius 3 is 2.58 bits per heavy atom. The zero-order valence-corrected chi connectivity index (χ0v) is 10.8. The van der Waals surface area contributed by atoms with E-state index in [4.69, 9.17) is 5.11 Å². The summed E-state index contributed by atoms with van der Waals surface area (Å²) in [7, 11) is 0. The Balaban J connectivity index is 2.49. The van der Waals surface area contributed by atoms with Gasteiger partial charge in [0.25, 0.3) is 0 Å². The molecule has 8 nitrogen and oxygen atoms in total. The molecule has 0 spiro atoms. The van der Waals surface area contributed by atoms with Gasteiger partial charge in [-0.1, -0.05) is 0 Å². The van der Waals surface area contributed by atoms with Gasteiger partial charge in [-0.05, 0) is 20.3 Å². The first-order valence-electron chi connectivity index (χ1n) is 5.84. The van der Waals surface area contributed by atoms with Gasteiger partial charge in [-0.2, -0.15) is 0 Å². The Labute approximate surface area is 109 Å². The Bertz CT molecular complexity index is 419. The summed E-state index contributed by atoms with van der Waals surface area (Å²) in [5.74, 6) is -1.96. The van der Waals surface area contributed by atoms with Crippen molar-refractivity contribution in [1.29, 1.82) is 0 Å². The number of carbonyl (C=O) groups is 4. The van der Waals surface area contributed by atoms with E-state index in [2.05, 4.69) is 16.0 Å². The van der Waals surface area contributed by atoms with Gasteiger partial charge in [0.15, 0.2) is 0 Å². The molecule has 1 fully saturated rings. The Morgan fingerprint density at radius 1 is 1.42 bits per heavy atom. The first kappa shape index (κ1) is 14.9. The third-order valence-corrected chi connectivity index (χ3v) is 2.59. The van der Waals surface area contributed by atoms with Crippen LogP contribution in [0.4, 0.5) is 4.79 Å². The summed E-state index contributed by atoms with van der Waals surface area (Å²) in [6.07, 6.45) is 0.155. The fourth-order valence-electron chi connectivity index (χ4n) is 1.76. The molecular formula is C11H17N3O5. The third kappa shape index (κ3) is 4.94. The van der Waals surface area contributed by atoms with E-state index in [1.54, 1.807) is 13.8 Å². The van der Waals surface area contributed by atoms with Crippen molar-refractivity contribution in [1.82, 2.24) is 16.0 Å². The molecule has 106 valence electrons. The monoisotopic (exact) mass is 271 g/mol. The third-order valence-electron chi connectivity index (χ3n) is 2.59. The highest BCUT2D eigenvalue weighted by Gasteiger charge is 2.30. The molecule has 0 aromatic rings. The number of piperidine rings is 1. The highest BCUT2D eigenvalue weighted by molar-refractivity contribution is 6.01. The van der Waals surface area contributed by atoms with Gasteiger partial charge in [0.1, 0.15) is 6.04 Å². The summed E-state index contributed by atoms with van der Waals surface area (Å²) in [5.41, 5.74) is -0.934. The molecule has 1 saturated heterocycles. The van der Waals surface area contributed by atoms with Crippen molar-refractivity contribution in [2.45, 2.75) is 44.7 Å². The molecule has 4 N–H and O–H groups in total. The number of imide groups is 1. The van der Waals surface area contributed by atoms with Crippen LogP contribution in [0.25, 0.3) is 0 Å². The Kier molecular flexibility index (Phi) is 4.47. The van der Waals surface area contributed by atoms with E-state index in [1.807, 2.05) is 0 Å². The van der Waals surface area contributed by atoms with Crippen LogP contribution in [0.2, 0.25) is 0 Å². The Hall–Kier alpha value is -2.12. The van der Waals surface area contributed by atoms with Gasteiger partial charge < -0.3 is 15.7 Å². The Morgan fingerprint density at radius 2 is 2.05 bits per heavy atom. The minimum Gasteiger partial charge on any atom is -0.481 e. The van der Waals surface area contributed by atoms with Crippen LogP contribution in [0.3, 0.4) is 0 Å². The van der Waals surface area contributed by atoms with Crippen LogP contribution in [0.1, 0.15) is 33.1 Å². The molecule has 1 aliphatic rings. The van der Waals surface area contributed by atoms with E-state index in [1.165, 1.54) is 0 Å². The summed E-state index contributed by atoms with van der Waals surface area (Å²) in [6, 6.07) is -1.42. The second kappa shape index (κ2) is 5.68. The normalized spacial score (nSPS) is 19.6. The van der Waals surface area contributed by atoms with Gasteiger partial charge in [0, 0.05) is 12.0 Å². The number of urea groups is 1. The SMILES string of the molecule is CC(C)(CC(=O)O)NC(=O)NC1CCC(=O)NC1=O. The molecule has 1 rings (SSSR count). The van der Waals surface area contributed by atoms with Crippen molar-refractivity contribution in [2.75, 3.05) is 0 Å². The highest BCUT2D eigenvalue weighted by Crippen LogP contribution is 2.09. The lowest BCUT2D eigenvalue weighted by molar-refractivity contribution is -0.138. The quantitative estimate of drug-likeness (QED) is 0.505. The van der Waals surface area contributed by atoms with Gasteiger partial charge in [-0.3, -0.25) is 19.7 Å². The predicted molar refractivity (Wildman–Crippen MR) is 64.2 cm³/mol. The molecular weight excluding hydrogens is 254 g/mol. The molecule has 1 heterocycles. The van der Waals surface area contributed by atoms with Crippen molar-refractivity contribution in [3.05, 3.63) is 0 Å². The molecule has 8 heteroatoms. The van der Waals surface area contributed by atoms with Crippen LogP contribution in [0, 0.1) is 0 Å². The number of amides is 4. The van der Waals surface area contributed by atoms with Crippen LogP contribution in [0.5, 0.6) is 0 Å². The van der Waals surface area contributed by atoms with Gasteiger partial charge in [0.05, 0.1) is 6.42 Å². The first-order chi connectivity index (χ1) is 8.69. The average molecular weight is 271 g/mol. The summed E-state index contributed by atoms with van der Waals surface area (Å²) < 4.78 is 0. The fraction of sp³-hybridized carbons (Fsp3) is 0.636. The lowest BCUT2D eigenvalue weighted by Gasteiger charge is -2.27. The number of carboxylic acid groups (broad SMARTS) is 1. The maximum atomic E-state index is 11.7. The number of nitrogens with one attached hydrogen (secondary N) is 3. The van der Waals surface area contributed by atoms with Crippen molar-refractivity contribution < 1.29 is 24.3 Å². The van der Waals surface area contributed by atoms with Crippen LogP contribution in [-0.4, -0.2) is 40.5 Å². The average Bonchev–Trinajstić information content (AvgIpc) is 2.19. The molecule has 0 aromatic heterocycles. The van der Waals surface area contributed by atoms with E-state index < -0.39 is 29.5 Å². The van der Waals surface area contributed by atoms with Gasteiger partial charge in [-0.15, -0.1) is 0 Å². The van der Waals surface area contributed by atoms with Crippen molar-refractivity contribution in [2.24, 2.45) is 0 Å². The molecule has 1 unspecified atom stereocenters. The van der Waals surface area contributed by atoms with Crippen LogP contribution in [0.15, 0.2) is 0 Å². The topological polar surface area (TPSA) is 125 Å². The molecule has 0 radical (unpaired) electrons. The summed E-state index contributed by atoms with van der Waals surface area (Å²) in [4.78, 5) is 44.6. The van der Waals surface area contributed by atoms with Gasteiger partial charge in [0.2, 0.25) is 11.8 Å². The number of aliphatic carboxylic acids is 1. The smallest absolute Gasteiger partial charge is 0.315 e. The standard InChI is InChI=1S/C11H17N3O5/c1-11(2,5-8(16)17)14-10(19)12-6-3-4-7(15)13-9(6)18/h6H,3-5H2,1-2H3,(H,16,17)(H2,12,14,19)(H,13,15,18). The summed E-state index contributed by atoms with van der Waals surface area (Å²) in [5, 5.41) is 15.7. The van der Waals surface area contributed by atoms with Crippen molar-refractivity contribution >= 4 is 23.8 Å². The number of rotatable bonds is 4. The number of carboxylic acids is 1. The second-order valence-corrected chi connectivity index (χ2v) is 5.06. The maximum absolute atomic E-state index is 11.7. The number of hydrogen-bond donors (Lipinski definition) is 4. The zero-order valence-electron chi connectivity index (χ0n) is 10.8. The van der Waals surface area contributed by atoms with Crippen LogP contribution >= 0.6 is 0 Å². The largest absolute Gasteiger partial charge is 0.481 e. The lowest BCUT2D eigenvalue weighted by Crippen LogP contribution is -2.57. The summed E-state index contributed by atoms with van der Waals surface area (Å²) in [6.45, 7) is 3.12. The minimum atomic E-state index is -1.04. The van der Waals surface area contributed by atoms with E-state index in [0.717, 1.165) is 0 Å². The predicted octanol–water partition coefficient (Wildman–Crippen LogP) is -0.656. The molecule has 1 atom stereocenters. The van der Waals surface area contributed by atoms with E-state index >= 15 is 0 Å². The molecule has 0 aromatic carbocycles. The van der Waals surface area contributed by atoms with E-state index in [0.29, 0.717) is 0 Å². The molecule has 19 heavy (non-hydrogen) atoms. The van der Waals surface area contributed by atoms with Crippen LogP contribution < -0.4 is 16.0 Å². The number of hydrogen-bond acceptors (Lipinski definition) is 4. The molecule has 1 aliphatic heterocycles. The maximum Gasteiger partial charge on any atom is 0.315 e. The lowest BCUT2D eigenvalue weighted by atomic mass is 10.0. The second-order valence-electron chi connectivity index (χ2n) is 5.06. The highest BCUT2D eigenvalue weighted by atomic mass is 16.4. The van der Waals surface area contributed by atoms with Crippen molar-refractivity contribution in [3.63, 3.8) is 0 Å². The van der Waals surface area contributed by atoms with E-state index in [-0.39, 0.29) is 25.2 Å². The van der Waals surface area contributed by atoms with Gasteiger partial charge >= 0.3 is 12.0 Å². The first-order valence-corrected chi connectivity index (χ1v) is 5.84. The van der Waals surface area contributed by atoms with Gasteiger partial charge in [-0.25, -0.2) is 4.79 Å². The van der Waals surface area contributed by atoms with E-state index in [9.17, 15) is 19.2 Å². The summed E-state index contributed by atoms with van der Waals surface area (Å²) >= 11 is 0. The molecule has 4 amide bonds. The van der Waals surface area contributed by atoms with Crippen molar-refractivity contribution in [3.8, 4) is 0 Å². The molecule has 0 aliphatic carbocycles. The van der Waals surface area contributed by atoms with Crippen LogP contribution in [-0.2, 0) is 14.4 Å². The molecule has 0 bridgehead atoms. The minimum absolute atomic E-state index is 0.162. The number of carbonyl (C=O) groups excluding carboxylic acids is 3. The zero-order chi connectivity index (χ0) is 14.6. The fourth-order valence-corrected chi connectivity index (χ4v) is 1.76.